The van der Waals surface area contributed by atoms with Crippen molar-refractivity contribution in [1.29, 1.82) is 0 Å². The average Bonchev–Trinajstić information content (AvgIpc) is 3.19. The lowest BCUT2D eigenvalue weighted by atomic mass is 10.2. The largest absolute Gasteiger partial charge is 0.454 e. The van der Waals surface area contributed by atoms with Gasteiger partial charge in [0.15, 0.2) is 11.5 Å². The highest BCUT2D eigenvalue weighted by molar-refractivity contribution is 5.92. The van der Waals surface area contributed by atoms with Gasteiger partial charge in [-0.15, -0.1) is 0 Å². The Labute approximate surface area is 166 Å². The fourth-order valence-corrected chi connectivity index (χ4v) is 2.87. The molecule has 29 heavy (non-hydrogen) atoms. The van der Waals surface area contributed by atoms with Crippen LogP contribution in [0.4, 0.5) is 10.3 Å². The monoisotopic (exact) mass is 394 g/mol. The number of carbonyl (C=O) groups is 1. The molecule has 148 valence electrons. The lowest BCUT2D eigenvalue weighted by Gasteiger charge is -2.09. The third kappa shape index (κ3) is 4.60. The van der Waals surface area contributed by atoms with Gasteiger partial charge < -0.3 is 20.1 Å². The van der Waals surface area contributed by atoms with Crippen molar-refractivity contribution in [3.05, 3.63) is 76.9 Å². The second-order valence-electron chi connectivity index (χ2n) is 6.57. The first-order valence-corrected chi connectivity index (χ1v) is 9.07. The fraction of sp³-hybridized carbons (Fsp3) is 0.190. The van der Waals surface area contributed by atoms with Crippen LogP contribution in [0.2, 0.25) is 0 Å². The Morgan fingerprint density at radius 2 is 1.76 bits per heavy atom. The third-order valence-corrected chi connectivity index (χ3v) is 4.34. The molecule has 0 bridgehead atoms. The molecule has 0 unspecified atom stereocenters. The van der Waals surface area contributed by atoms with Crippen molar-refractivity contribution in [3.8, 4) is 11.5 Å². The summed E-state index contributed by atoms with van der Waals surface area (Å²) in [6.07, 6.45) is 0. The number of aromatic nitrogens is 2. The summed E-state index contributed by atoms with van der Waals surface area (Å²) in [7, 11) is 0. The van der Waals surface area contributed by atoms with E-state index in [-0.39, 0.29) is 30.8 Å². The number of fused-ring (bicyclic) bond motifs is 1. The summed E-state index contributed by atoms with van der Waals surface area (Å²) in [5, 5.41) is 5.91. The smallest absolute Gasteiger partial charge is 0.270 e. The average molecular weight is 394 g/mol. The first-order chi connectivity index (χ1) is 14.1. The molecule has 0 spiro atoms. The molecule has 4 rings (SSSR count). The number of nitrogens with one attached hydrogen (secondary N) is 2. The molecule has 0 saturated carbocycles. The number of hydrogen-bond acceptors (Lipinski definition) is 6. The maximum absolute atomic E-state index is 13.0. The van der Waals surface area contributed by atoms with E-state index in [1.54, 1.807) is 25.1 Å². The van der Waals surface area contributed by atoms with Crippen molar-refractivity contribution < 1.29 is 18.7 Å². The molecule has 0 saturated heterocycles. The van der Waals surface area contributed by atoms with E-state index in [9.17, 15) is 9.18 Å². The van der Waals surface area contributed by atoms with Gasteiger partial charge in [-0.1, -0.05) is 18.2 Å². The summed E-state index contributed by atoms with van der Waals surface area (Å²) in [5.74, 6) is 1.14. The molecule has 0 fully saturated rings. The summed E-state index contributed by atoms with van der Waals surface area (Å²) in [4.78, 5) is 21.1. The van der Waals surface area contributed by atoms with Gasteiger partial charge in [0.1, 0.15) is 11.5 Å². The van der Waals surface area contributed by atoms with Crippen LogP contribution in [0, 0.1) is 12.7 Å². The molecule has 1 aromatic heterocycles. The molecule has 7 nitrogen and oxygen atoms in total. The van der Waals surface area contributed by atoms with Crippen LogP contribution in [0.15, 0.2) is 48.5 Å². The van der Waals surface area contributed by atoms with Crippen molar-refractivity contribution >= 4 is 11.9 Å². The zero-order chi connectivity index (χ0) is 20.2. The Morgan fingerprint density at radius 3 is 2.59 bits per heavy atom. The van der Waals surface area contributed by atoms with E-state index in [4.69, 9.17) is 9.47 Å². The highest BCUT2D eigenvalue weighted by Gasteiger charge is 2.14. The normalized spacial score (nSPS) is 11.9. The molecular formula is C21H19FN4O3. The van der Waals surface area contributed by atoms with Crippen LogP contribution in [-0.2, 0) is 13.1 Å². The van der Waals surface area contributed by atoms with Crippen LogP contribution in [-0.4, -0.2) is 22.7 Å². The Bertz CT molecular complexity index is 1040. The second kappa shape index (κ2) is 8.14. The Morgan fingerprint density at radius 1 is 1.00 bits per heavy atom. The lowest BCUT2D eigenvalue weighted by molar-refractivity contribution is 0.0945. The van der Waals surface area contributed by atoms with Gasteiger partial charge in [-0.2, -0.15) is 0 Å². The number of halogens is 1. The van der Waals surface area contributed by atoms with Crippen molar-refractivity contribution in [2.75, 3.05) is 12.1 Å². The number of amides is 1. The molecule has 0 aliphatic carbocycles. The number of rotatable bonds is 6. The predicted molar refractivity (Wildman–Crippen MR) is 104 cm³/mol. The van der Waals surface area contributed by atoms with Crippen LogP contribution in [0.25, 0.3) is 0 Å². The summed E-state index contributed by atoms with van der Waals surface area (Å²) in [6.45, 7) is 2.77. The molecule has 2 heterocycles. The number of benzene rings is 2. The van der Waals surface area contributed by atoms with E-state index < -0.39 is 0 Å². The predicted octanol–water partition coefficient (Wildman–Crippen LogP) is 3.19. The van der Waals surface area contributed by atoms with Crippen molar-refractivity contribution in [1.82, 2.24) is 15.3 Å². The zero-order valence-electron chi connectivity index (χ0n) is 15.7. The highest BCUT2D eigenvalue weighted by atomic mass is 19.1. The van der Waals surface area contributed by atoms with Gasteiger partial charge in [-0.3, -0.25) is 4.79 Å². The van der Waals surface area contributed by atoms with Crippen molar-refractivity contribution in [2.45, 2.75) is 20.0 Å². The maximum Gasteiger partial charge on any atom is 0.270 e. The molecule has 8 heteroatoms. The number of aryl methyl sites for hydroxylation is 1. The summed E-state index contributed by atoms with van der Waals surface area (Å²) >= 11 is 0. The summed E-state index contributed by atoms with van der Waals surface area (Å²) < 4.78 is 23.7. The number of carbonyl (C=O) groups excluding carboxylic acids is 1. The minimum Gasteiger partial charge on any atom is -0.454 e. The van der Waals surface area contributed by atoms with Crippen LogP contribution < -0.4 is 20.1 Å². The molecule has 0 atom stereocenters. The van der Waals surface area contributed by atoms with Gasteiger partial charge in [-0.25, -0.2) is 14.4 Å². The minimum atomic E-state index is -0.328. The maximum atomic E-state index is 13.0. The van der Waals surface area contributed by atoms with Gasteiger partial charge in [0.05, 0.1) is 0 Å². The van der Waals surface area contributed by atoms with Crippen LogP contribution >= 0.6 is 0 Å². The van der Waals surface area contributed by atoms with E-state index >= 15 is 0 Å². The first kappa shape index (κ1) is 18.7. The van der Waals surface area contributed by atoms with Crippen LogP contribution in [0.5, 0.6) is 11.5 Å². The summed E-state index contributed by atoms with van der Waals surface area (Å²) in [5.41, 5.74) is 2.70. The molecule has 1 amide bonds. The number of ether oxygens (including phenoxy) is 2. The van der Waals surface area contributed by atoms with E-state index in [1.165, 1.54) is 12.1 Å². The molecule has 0 radical (unpaired) electrons. The van der Waals surface area contributed by atoms with Crippen molar-refractivity contribution in [2.24, 2.45) is 0 Å². The number of nitrogens with zero attached hydrogens (tertiary/aromatic N) is 2. The highest BCUT2D eigenvalue weighted by Crippen LogP contribution is 2.32. The van der Waals surface area contributed by atoms with E-state index in [2.05, 4.69) is 20.6 Å². The molecular weight excluding hydrogens is 375 g/mol. The van der Waals surface area contributed by atoms with E-state index in [1.807, 2.05) is 18.2 Å². The molecule has 2 N–H and O–H groups in total. The number of hydrogen-bond donors (Lipinski definition) is 2. The molecule has 3 aromatic rings. The molecule has 1 aliphatic rings. The van der Waals surface area contributed by atoms with Crippen molar-refractivity contribution in [3.63, 3.8) is 0 Å². The zero-order valence-corrected chi connectivity index (χ0v) is 15.7. The standard InChI is InChI=1S/C21H19FN4O3/c1-13-8-17(20(27)23-10-14-2-5-16(22)6-3-14)26-21(25-13)24-11-15-4-7-18-19(9-15)29-12-28-18/h2-9H,10-12H2,1H3,(H,23,27)(H,24,25,26). The first-order valence-electron chi connectivity index (χ1n) is 9.07. The van der Waals surface area contributed by atoms with Crippen LogP contribution in [0.3, 0.4) is 0 Å². The lowest BCUT2D eigenvalue weighted by Crippen LogP contribution is -2.24. The van der Waals surface area contributed by atoms with Gasteiger partial charge in [-0.05, 0) is 48.4 Å². The van der Waals surface area contributed by atoms with E-state index in [0.717, 1.165) is 16.9 Å². The SMILES string of the molecule is Cc1cc(C(=O)NCc2ccc(F)cc2)nc(NCc2ccc3c(c2)OCO3)n1. The minimum absolute atomic E-state index is 0.226. The quantitative estimate of drug-likeness (QED) is 0.668. The molecule has 2 aromatic carbocycles. The van der Waals surface area contributed by atoms with Gasteiger partial charge in [0.25, 0.3) is 5.91 Å². The summed E-state index contributed by atoms with van der Waals surface area (Å²) in [6, 6.07) is 13.2. The van der Waals surface area contributed by atoms with E-state index in [0.29, 0.717) is 23.9 Å². The molecule has 1 aliphatic heterocycles. The Balaban J connectivity index is 1.40. The number of anilines is 1. The van der Waals surface area contributed by atoms with Gasteiger partial charge in [0.2, 0.25) is 12.7 Å². The Hall–Kier alpha value is -3.68. The van der Waals surface area contributed by atoms with Crippen LogP contribution in [0.1, 0.15) is 27.3 Å². The van der Waals surface area contributed by atoms with Gasteiger partial charge in [0, 0.05) is 18.8 Å². The fourth-order valence-electron chi connectivity index (χ4n) is 2.87. The topological polar surface area (TPSA) is 85.4 Å². The Kier molecular flexibility index (Phi) is 5.24. The third-order valence-electron chi connectivity index (χ3n) is 4.34. The second-order valence-corrected chi connectivity index (χ2v) is 6.57. The van der Waals surface area contributed by atoms with Gasteiger partial charge >= 0.3 is 0 Å².